The highest BCUT2D eigenvalue weighted by molar-refractivity contribution is 7.99. The van der Waals surface area contributed by atoms with Crippen LogP contribution < -0.4 is 10.0 Å². The number of benzene rings is 2. The lowest BCUT2D eigenvalue weighted by Gasteiger charge is -2.21. The molecule has 126 valence electrons. The first-order chi connectivity index (χ1) is 11.3. The molecule has 1 aliphatic heterocycles. The maximum atomic E-state index is 12.6. The number of hydrogen-bond donors (Lipinski definition) is 2. The highest BCUT2D eigenvalue weighted by Crippen LogP contribution is 2.34. The Kier molecular flexibility index (Phi) is 4.57. The van der Waals surface area contributed by atoms with E-state index in [0.717, 1.165) is 11.1 Å². The fraction of sp³-hybridized carbons (Fsp3) is 0.188. The number of nitrogens with one attached hydrogen (secondary N) is 2. The van der Waals surface area contributed by atoms with Gasteiger partial charge in [-0.1, -0.05) is 27.4 Å². The van der Waals surface area contributed by atoms with Crippen LogP contribution in [-0.4, -0.2) is 10.5 Å². The second kappa shape index (κ2) is 6.37. The highest BCUT2D eigenvalue weighted by atomic mass is 35.5. The summed E-state index contributed by atoms with van der Waals surface area (Å²) in [6.07, 6.45) is 0.892. The number of hydrogen-bond acceptors (Lipinski definition) is 3. The minimum Gasteiger partial charge on any atom is -0.588 e. The normalized spacial score (nSPS) is 16.1. The molecule has 5 nitrogen and oxygen atoms in total. The maximum Gasteiger partial charge on any atom is 0.224 e. The van der Waals surface area contributed by atoms with E-state index in [1.165, 1.54) is 6.07 Å². The van der Waals surface area contributed by atoms with Crippen LogP contribution in [0.4, 0.5) is 11.4 Å². The molecule has 3 rings (SSSR count). The molecule has 0 saturated carbocycles. The molecule has 0 bridgehead atoms. The van der Waals surface area contributed by atoms with E-state index in [0.29, 0.717) is 29.2 Å². The summed E-state index contributed by atoms with van der Waals surface area (Å²) in [6.45, 7) is 1.78. The van der Waals surface area contributed by atoms with E-state index in [9.17, 15) is 13.6 Å². The quantitative estimate of drug-likeness (QED) is 0.777. The monoisotopic (exact) mass is 384 g/mol. The molecular formula is C16H14Cl2N2O3S. The highest BCUT2D eigenvalue weighted by Gasteiger charge is 2.28. The van der Waals surface area contributed by atoms with Gasteiger partial charge in [0.05, 0.1) is 10.7 Å². The van der Waals surface area contributed by atoms with Gasteiger partial charge < -0.3 is 9.87 Å². The number of anilines is 2. The van der Waals surface area contributed by atoms with Crippen LogP contribution in [0.5, 0.6) is 0 Å². The predicted molar refractivity (Wildman–Crippen MR) is 95.3 cm³/mol. The van der Waals surface area contributed by atoms with E-state index < -0.39 is 10.4 Å². The van der Waals surface area contributed by atoms with Crippen LogP contribution in [-0.2, 0) is 25.8 Å². The summed E-state index contributed by atoms with van der Waals surface area (Å²) in [4.78, 5) is 11.4. The van der Waals surface area contributed by atoms with Crippen molar-refractivity contribution in [3.8, 4) is 0 Å². The van der Waals surface area contributed by atoms with E-state index in [4.69, 9.17) is 23.2 Å². The Bertz CT molecular complexity index is 886. The molecule has 24 heavy (non-hydrogen) atoms. The molecule has 0 saturated heterocycles. The third-order valence-corrected chi connectivity index (χ3v) is 6.02. The molecule has 0 spiro atoms. The first-order valence-corrected chi connectivity index (χ1v) is 9.41. The number of fused-ring (bicyclic) bond motifs is 1. The Balaban J connectivity index is 1.97. The number of carbonyl (C=O) groups is 1. The molecule has 1 unspecified atom stereocenters. The topological polar surface area (TPSA) is 81.3 Å². The number of carbonyl (C=O) groups excluding carboxylic acids is 1. The third kappa shape index (κ3) is 3.42. The Labute approximate surface area is 150 Å². The Morgan fingerprint density at radius 3 is 2.62 bits per heavy atom. The van der Waals surface area contributed by atoms with E-state index in [-0.39, 0.29) is 15.8 Å². The van der Waals surface area contributed by atoms with Crippen molar-refractivity contribution in [2.24, 2.45) is 0 Å². The summed E-state index contributed by atoms with van der Waals surface area (Å²) in [6, 6.07) is 7.79. The van der Waals surface area contributed by atoms with Crippen molar-refractivity contribution in [1.29, 1.82) is 0 Å². The van der Waals surface area contributed by atoms with Crippen molar-refractivity contribution < 1.29 is 13.6 Å². The number of aryl methyl sites for hydroxylation is 2. The second-order valence-corrected chi connectivity index (χ2v) is 8.02. The van der Waals surface area contributed by atoms with Crippen molar-refractivity contribution >= 4 is 50.9 Å². The van der Waals surface area contributed by atoms with Crippen molar-refractivity contribution in [3.63, 3.8) is 0 Å². The molecule has 2 N–H and O–H groups in total. The average molecular weight is 385 g/mol. The third-order valence-electron chi connectivity index (χ3n) is 3.75. The molecule has 1 atom stereocenters. The smallest absolute Gasteiger partial charge is 0.224 e. The molecule has 1 heterocycles. The van der Waals surface area contributed by atoms with Gasteiger partial charge in [0.15, 0.2) is 10.4 Å². The fourth-order valence-corrected chi connectivity index (χ4v) is 4.25. The molecule has 1 aliphatic rings. The summed E-state index contributed by atoms with van der Waals surface area (Å²) < 4.78 is 27.8. The van der Waals surface area contributed by atoms with Crippen LogP contribution >= 0.6 is 23.2 Å². The van der Waals surface area contributed by atoms with Crippen LogP contribution in [0.1, 0.15) is 17.5 Å². The van der Waals surface area contributed by atoms with Gasteiger partial charge in [-0.25, -0.2) is 4.72 Å². The van der Waals surface area contributed by atoms with Crippen LogP contribution in [0.25, 0.3) is 0 Å². The number of rotatable bonds is 3. The van der Waals surface area contributed by atoms with Crippen molar-refractivity contribution in [2.45, 2.75) is 24.7 Å². The second-order valence-electron chi connectivity index (χ2n) is 5.56. The van der Waals surface area contributed by atoms with Crippen LogP contribution in [0, 0.1) is 6.92 Å². The minimum absolute atomic E-state index is 0.0854. The van der Waals surface area contributed by atoms with Gasteiger partial charge in [0.1, 0.15) is 0 Å². The van der Waals surface area contributed by atoms with Crippen molar-refractivity contribution in [2.75, 3.05) is 10.0 Å². The lowest BCUT2D eigenvalue weighted by molar-refractivity contribution is -0.116. The van der Waals surface area contributed by atoms with Gasteiger partial charge >= 0.3 is 0 Å². The summed E-state index contributed by atoms with van der Waals surface area (Å²) in [5.74, 6) is -0.144. The lowest BCUT2D eigenvalue weighted by Crippen LogP contribution is -2.24. The molecule has 2 aromatic rings. The zero-order valence-electron chi connectivity index (χ0n) is 12.7. The molecule has 1 amide bonds. The van der Waals surface area contributed by atoms with Gasteiger partial charge in [-0.3, -0.25) is 4.79 Å². The Hall–Kier alpha value is -1.60. The van der Waals surface area contributed by atoms with Gasteiger partial charge in [-0.2, -0.15) is 0 Å². The SMILES string of the molecule is Cc1cc(N[S+](=O)([O-])c2cc3c(cc2Cl)CCC(=O)N3)ccc1Cl. The Morgan fingerprint density at radius 2 is 1.92 bits per heavy atom. The van der Waals surface area contributed by atoms with Gasteiger partial charge in [0.2, 0.25) is 10.8 Å². The minimum atomic E-state index is -3.90. The standard InChI is InChI=1S/C16H14Cl2N2O3S/c1-9-6-11(3-4-12(9)17)20-24(22,23)15-8-14-10(7-13(15)18)2-5-16(21)19-14/h3-4,6-8H,2,5H2,1H3,(H2-,19,20,21,22,23). The number of amides is 1. The molecule has 8 heteroatoms. The molecule has 0 fully saturated rings. The fourth-order valence-electron chi connectivity index (χ4n) is 2.50. The summed E-state index contributed by atoms with van der Waals surface area (Å²) >= 11 is 12.1. The summed E-state index contributed by atoms with van der Waals surface area (Å²) in [7, 11) is -3.90. The van der Waals surface area contributed by atoms with Crippen LogP contribution in [0.3, 0.4) is 0 Å². The van der Waals surface area contributed by atoms with Crippen molar-refractivity contribution in [3.05, 3.63) is 51.5 Å². The predicted octanol–water partition coefficient (Wildman–Crippen LogP) is 4.20. The lowest BCUT2D eigenvalue weighted by atomic mass is 10.0. The van der Waals surface area contributed by atoms with E-state index >= 15 is 0 Å². The zero-order chi connectivity index (χ0) is 17.5. The largest absolute Gasteiger partial charge is 0.588 e. The molecular weight excluding hydrogens is 371 g/mol. The van der Waals surface area contributed by atoms with E-state index in [1.807, 2.05) is 0 Å². The average Bonchev–Trinajstić information content (AvgIpc) is 2.50. The molecule has 0 aliphatic carbocycles. The first kappa shape index (κ1) is 17.2. The van der Waals surface area contributed by atoms with E-state index in [1.54, 1.807) is 31.2 Å². The number of sulfonamides is 1. The maximum absolute atomic E-state index is 12.6. The van der Waals surface area contributed by atoms with Gasteiger partial charge in [-0.15, -0.1) is 0 Å². The molecule has 0 radical (unpaired) electrons. The Morgan fingerprint density at radius 1 is 1.17 bits per heavy atom. The van der Waals surface area contributed by atoms with Crippen LogP contribution in [0.15, 0.2) is 35.2 Å². The first-order valence-electron chi connectivity index (χ1n) is 7.17. The number of halogens is 2. The van der Waals surface area contributed by atoms with Crippen molar-refractivity contribution in [1.82, 2.24) is 0 Å². The van der Waals surface area contributed by atoms with Gasteiger partial charge in [0, 0.05) is 23.2 Å². The molecule has 0 aromatic heterocycles. The molecule has 2 aromatic carbocycles. The summed E-state index contributed by atoms with van der Waals surface area (Å²) in [5, 5.41) is 3.34. The zero-order valence-corrected chi connectivity index (χ0v) is 15.0. The van der Waals surface area contributed by atoms with Gasteiger partial charge in [-0.05, 0) is 48.7 Å². The van der Waals surface area contributed by atoms with Crippen LogP contribution in [0.2, 0.25) is 10.0 Å². The summed E-state index contributed by atoms with van der Waals surface area (Å²) in [5.41, 5.74) is 2.43. The van der Waals surface area contributed by atoms with E-state index in [2.05, 4.69) is 10.0 Å². The van der Waals surface area contributed by atoms with Gasteiger partial charge in [0.25, 0.3) is 0 Å².